The van der Waals surface area contributed by atoms with Gasteiger partial charge in [0, 0.05) is 31.7 Å². The van der Waals surface area contributed by atoms with Crippen LogP contribution in [0.1, 0.15) is 30.1 Å². The molecule has 1 aliphatic heterocycles. The fourth-order valence-corrected chi connectivity index (χ4v) is 3.20. The lowest BCUT2D eigenvalue weighted by Gasteiger charge is -2.30. The summed E-state index contributed by atoms with van der Waals surface area (Å²) in [5.41, 5.74) is 0.325. The number of likely N-dealkylation sites (tertiary alicyclic amines) is 1. The number of carbonyl (C=O) groups is 2. The van der Waals surface area contributed by atoms with Gasteiger partial charge in [-0.3, -0.25) is 19.0 Å². The van der Waals surface area contributed by atoms with Gasteiger partial charge >= 0.3 is 5.97 Å². The summed E-state index contributed by atoms with van der Waals surface area (Å²) in [4.78, 5) is 42.9. The third-order valence-electron chi connectivity index (χ3n) is 4.60. The first-order valence-electron chi connectivity index (χ1n) is 8.43. The molecule has 0 aromatic carbocycles. The average Bonchev–Trinajstić information content (AvgIpc) is 2.64. The number of piperidine rings is 1. The van der Waals surface area contributed by atoms with Crippen LogP contribution in [0, 0.1) is 5.92 Å². The first-order valence-corrected chi connectivity index (χ1v) is 8.43. The molecule has 0 unspecified atom stereocenters. The van der Waals surface area contributed by atoms with Crippen molar-refractivity contribution in [1.82, 2.24) is 14.5 Å². The van der Waals surface area contributed by atoms with Gasteiger partial charge in [0.05, 0.1) is 12.5 Å². The van der Waals surface area contributed by atoms with Gasteiger partial charge < -0.3 is 9.64 Å². The van der Waals surface area contributed by atoms with E-state index >= 15 is 0 Å². The molecule has 3 heterocycles. The second kappa shape index (κ2) is 7.04. The minimum atomic E-state index is -0.358. The van der Waals surface area contributed by atoms with E-state index in [0.29, 0.717) is 38.2 Å². The van der Waals surface area contributed by atoms with Crippen LogP contribution < -0.4 is 5.56 Å². The van der Waals surface area contributed by atoms with Gasteiger partial charge in [0.15, 0.2) is 0 Å². The molecule has 0 spiro atoms. The number of fused-ring (bicyclic) bond motifs is 1. The highest BCUT2D eigenvalue weighted by Gasteiger charge is 2.29. The van der Waals surface area contributed by atoms with Crippen LogP contribution in [-0.2, 0) is 16.6 Å². The van der Waals surface area contributed by atoms with Gasteiger partial charge in [-0.2, -0.15) is 0 Å². The van der Waals surface area contributed by atoms with E-state index < -0.39 is 0 Å². The number of hydrogen-bond donors (Lipinski definition) is 0. The average molecular weight is 343 g/mol. The minimum absolute atomic E-state index is 0.137. The van der Waals surface area contributed by atoms with Crippen molar-refractivity contribution < 1.29 is 14.3 Å². The first kappa shape index (κ1) is 17.1. The van der Waals surface area contributed by atoms with Crippen LogP contribution in [0.3, 0.4) is 0 Å². The highest BCUT2D eigenvalue weighted by atomic mass is 16.5. The SMILES string of the molecule is CCOC(=O)C1CCN(C(=O)c2cc3cccnc3n(C)c2=O)CC1. The molecule has 0 aliphatic carbocycles. The van der Waals surface area contributed by atoms with Gasteiger partial charge in [0.2, 0.25) is 0 Å². The zero-order valence-corrected chi connectivity index (χ0v) is 14.4. The first-order chi connectivity index (χ1) is 12.0. The van der Waals surface area contributed by atoms with E-state index in [1.165, 1.54) is 4.57 Å². The molecule has 0 bridgehead atoms. The number of ether oxygens (including phenoxy) is 1. The molecule has 0 atom stereocenters. The largest absolute Gasteiger partial charge is 0.466 e. The van der Waals surface area contributed by atoms with Crippen molar-refractivity contribution in [2.45, 2.75) is 19.8 Å². The number of nitrogens with zero attached hydrogens (tertiary/aromatic N) is 3. The summed E-state index contributed by atoms with van der Waals surface area (Å²) in [6, 6.07) is 5.20. The normalized spacial score (nSPS) is 15.4. The quantitative estimate of drug-likeness (QED) is 0.786. The molecular weight excluding hydrogens is 322 g/mol. The molecule has 1 fully saturated rings. The second-order valence-electron chi connectivity index (χ2n) is 6.16. The van der Waals surface area contributed by atoms with Crippen molar-refractivity contribution in [2.75, 3.05) is 19.7 Å². The smallest absolute Gasteiger partial charge is 0.309 e. The van der Waals surface area contributed by atoms with Gasteiger partial charge in [0.1, 0.15) is 11.2 Å². The number of aromatic nitrogens is 2. The predicted molar refractivity (Wildman–Crippen MR) is 92.2 cm³/mol. The lowest BCUT2D eigenvalue weighted by atomic mass is 9.96. The van der Waals surface area contributed by atoms with Gasteiger partial charge in [-0.25, -0.2) is 4.98 Å². The Morgan fingerprint density at radius 1 is 1.32 bits per heavy atom. The lowest BCUT2D eigenvalue weighted by Crippen LogP contribution is -2.43. The summed E-state index contributed by atoms with van der Waals surface area (Å²) in [7, 11) is 1.61. The molecule has 25 heavy (non-hydrogen) atoms. The van der Waals surface area contributed by atoms with E-state index in [1.807, 2.05) is 6.07 Å². The topological polar surface area (TPSA) is 81.5 Å². The van der Waals surface area contributed by atoms with Crippen LogP contribution in [-0.4, -0.2) is 46.0 Å². The van der Waals surface area contributed by atoms with E-state index in [4.69, 9.17) is 4.74 Å². The summed E-state index contributed by atoms with van der Waals surface area (Å²) in [5, 5.41) is 0.745. The van der Waals surface area contributed by atoms with Crippen LogP contribution in [0.4, 0.5) is 0 Å². The fraction of sp³-hybridized carbons (Fsp3) is 0.444. The molecule has 7 nitrogen and oxygen atoms in total. The predicted octanol–water partition coefficient (Wildman–Crippen LogP) is 1.35. The number of carbonyl (C=O) groups excluding carboxylic acids is 2. The molecule has 1 amide bonds. The van der Waals surface area contributed by atoms with E-state index in [2.05, 4.69) is 4.98 Å². The summed E-state index contributed by atoms with van der Waals surface area (Å²) in [6.45, 7) is 3.02. The van der Waals surface area contributed by atoms with Crippen molar-refractivity contribution in [1.29, 1.82) is 0 Å². The van der Waals surface area contributed by atoms with E-state index in [1.54, 1.807) is 37.2 Å². The number of hydrogen-bond acceptors (Lipinski definition) is 5. The minimum Gasteiger partial charge on any atom is -0.466 e. The van der Waals surface area contributed by atoms with E-state index in [-0.39, 0.29) is 28.9 Å². The Morgan fingerprint density at radius 3 is 2.72 bits per heavy atom. The van der Waals surface area contributed by atoms with Crippen LogP contribution >= 0.6 is 0 Å². The Hall–Kier alpha value is -2.70. The molecule has 1 aliphatic rings. The number of esters is 1. The Bertz CT molecular complexity index is 866. The molecule has 132 valence electrons. The number of aryl methyl sites for hydroxylation is 1. The number of amides is 1. The number of pyridine rings is 2. The number of rotatable bonds is 3. The van der Waals surface area contributed by atoms with Crippen molar-refractivity contribution >= 4 is 22.9 Å². The van der Waals surface area contributed by atoms with Crippen molar-refractivity contribution in [3.05, 3.63) is 40.3 Å². The Morgan fingerprint density at radius 2 is 2.04 bits per heavy atom. The van der Waals surface area contributed by atoms with E-state index in [9.17, 15) is 14.4 Å². The third-order valence-corrected chi connectivity index (χ3v) is 4.60. The molecule has 3 rings (SSSR count). The molecule has 0 radical (unpaired) electrons. The molecule has 1 saturated heterocycles. The van der Waals surface area contributed by atoms with Gasteiger partial charge in [-0.15, -0.1) is 0 Å². The fourth-order valence-electron chi connectivity index (χ4n) is 3.20. The van der Waals surface area contributed by atoms with Crippen molar-refractivity contribution in [3.8, 4) is 0 Å². The van der Waals surface area contributed by atoms with Crippen molar-refractivity contribution in [2.24, 2.45) is 13.0 Å². The standard InChI is InChI=1S/C18H21N3O4/c1-3-25-18(24)12-6-9-21(10-7-12)17(23)14-11-13-5-4-8-19-15(13)20(2)16(14)22/h4-5,8,11-12H,3,6-7,9-10H2,1-2H3. The van der Waals surface area contributed by atoms with Crippen LogP contribution in [0.2, 0.25) is 0 Å². The summed E-state index contributed by atoms with van der Waals surface area (Å²) >= 11 is 0. The maximum atomic E-state index is 12.8. The lowest BCUT2D eigenvalue weighted by molar-refractivity contribution is -0.149. The summed E-state index contributed by atoms with van der Waals surface area (Å²) in [6.07, 6.45) is 2.73. The maximum Gasteiger partial charge on any atom is 0.309 e. The van der Waals surface area contributed by atoms with Gasteiger partial charge in [0.25, 0.3) is 11.5 Å². The molecule has 0 N–H and O–H groups in total. The molecule has 2 aromatic heterocycles. The molecule has 7 heteroatoms. The second-order valence-corrected chi connectivity index (χ2v) is 6.16. The van der Waals surface area contributed by atoms with Crippen LogP contribution in [0.25, 0.3) is 11.0 Å². The monoisotopic (exact) mass is 343 g/mol. The Balaban J connectivity index is 1.81. The molecule has 2 aromatic rings. The van der Waals surface area contributed by atoms with Gasteiger partial charge in [-0.05, 0) is 38.0 Å². The summed E-state index contributed by atoms with van der Waals surface area (Å²) < 4.78 is 6.44. The zero-order valence-electron chi connectivity index (χ0n) is 14.4. The van der Waals surface area contributed by atoms with Crippen LogP contribution in [0.5, 0.6) is 0 Å². The molecular formula is C18H21N3O4. The van der Waals surface area contributed by atoms with E-state index in [0.717, 1.165) is 5.39 Å². The van der Waals surface area contributed by atoms with Crippen LogP contribution in [0.15, 0.2) is 29.2 Å². The highest BCUT2D eigenvalue weighted by Crippen LogP contribution is 2.20. The Labute approximate surface area is 145 Å². The maximum absolute atomic E-state index is 12.8. The van der Waals surface area contributed by atoms with Crippen molar-refractivity contribution in [3.63, 3.8) is 0 Å². The zero-order chi connectivity index (χ0) is 18.0. The van der Waals surface area contributed by atoms with Gasteiger partial charge in [-0.1, -0.05) is 0 Å². The highest BCUT2D eigenvalue weighted by molar-refractivity contribution is 5.97. The Kier molecular flexibility index (Phi) is 4.83. The third kappa shape index (κ3) is 3.26. The molecule has 0 saturated carbocycles. The summed E-state index contributed by atoms with van der Waals surface area (Å²) in [5.74, 6) is -0.677.